The fraction of sp³-hybridized carbons (Fsp3) is 0.500. The average Bonchev–Trinajstić information content (AvgIpc) is 2.26. The van der Waals surface area contributed by atoms with Crippen molar-refractivity contribution in [1.82, 2.24) is 0 Å². The Kier molecular flexibility index (Phi) is 3.97. The maximum Gasteiger partial charge on any atom is 0.389 e. The second-order valence-electron chi connectivity index (χ2n) is 3.87. The van der Waals surface area contributed by atoms with E-state index >= 15 is 0 Å². The Bertz CT molecular complexity index is 321. The molecule has 1 aromatic rings. The summed E-state index contributed by atoms with van der Waals surface area (Å²) >= 11 is 0. The molecule has 0 aliphatic heterocycles. The normalized spacial score (nSPS) is 15.8. The highest BCUT2D eigenvalue weighted by Crippen LogP contribution is 2.34. The van der Waals surface area contributed by atoms with Crippen molar-refractivity contribution in [3.63, 3.8) is 0 Å². The van der Waals surface area contributed by atoms with Gasteiger partial charge in [-0.05, 0) is 18.4 Å². The number of hydrogen-bond donors (Lipinski definition) is 1. The third kappa shape index (κ3) is 3.52. The zero-order valence-electron chi connectivity index (χ0n) is 9.09. The molecule has 0 radical (unpaired) electrons. The topological polar surface area (TPSA) is 20.2 Å². The monoisotopic (exact) mass is 232 g/mol. The molecule has 1 aromatic carbocycles. The van der Waals surface area contributed by atoms with Crippen molar-refractivity contribution in [1.29, 1.82) is 0 Å². The molecular weight excluding hydrogens is 217 g/mol. The third-order valence-electron chi connectivity index (χ3n) is 2.72. The third-order valence-corrected chi connectivity index (χ3v) is 2.72. The number of rotatable bonds is 4. The lowest BCUT2D eigenvalue weighted by atomic mass is 9.87. The van der Waals surface area contributed by atoms with E-state index < -0.39 is 18.2 Å². The molecule has 0 saturated heterocycles. The van der Waals surface area contributed by atoms with Gasteiger partial charge >= 0.3 is 6.18 Å². The van der Waals surface area contributed by atoms with Crippen LogP contribution < -0.4 is 0 Å². The van der Waals surface area contributed by atoms with Crippen molar-refractivity contribution in [2.75, 3.05) is 0 Å². The lowest BCUT2D eigenvalue weighted by Gasteiger charge is -2.27. The molecule has 0 bridgehead atoms. The summed E-state index contributed by atoms with van der Waals surface area (Å²) < 4.78 is 36.4. The van der Waals surface area contributed by atoms with Crippen LogP contribution in [0.1, 0.15) is 31.7 Å². The van der Waals surface area contributed by atoms with Crippen LogP contribution in [0.3, 0.4) is 0 Å². The van der Waals surface area contributed by atoms with Gasteiger partial charge in [-0.1, -0.05) is 37.3 Å². The Balaban J connectivity index is 2.79. The van der Waals surface area contributed by atoms with Crippen molar-refractivity contribution in [2.24, 2.45) is 0 Å². The summed E-state index contributed by atoms with van der Waals surface area (Å²) in [6, 6.07) is 8.50. The molecule has 0 spiro atoms. The molecule has 0 fully saturated rings. The smallest absolute Gasteiger partial charge is 0.385 e. The standard InChI is InChI=1S/C12H15F3O/c1-2-11(16,8-9-12(13,14)15)10-6-4-3-5-7-10/h3-7,16H,2,8-9H2,1H3. The fourth-order valence-corrected chi connectivity index (χ4v) is 1.62. The minimum absolute atomic E-state index is 0.271. The maximum absolute atomic E-state index is 12.1. The van der Waals surface area contributed by atoms with E-state index in [4.69, 9.17) is 0 Å². The largest absolute Gasteiger partial charge is 0.389 e. The molecule has 4 heteroatoms. The first-order chi connectivity index (χ1) is 7.37. The van der Waals surface area contributed by atoms with Crippen molar-refractivity contribution in [2.45, 2.75) is 38.0 Å². The minimum atomic E-state index is -4.22. The van der Waals surface area contributed by atoms with Crippen LogP contribution in [0.4, 0.5) is 13.2 Å². The first kappa shape index (κ1) is 13.0. The highest BCUT2D eigenvalue weighted by Gasteiger charge is 2.34. The van der Waals surface area contributed by atoms with E-state index in [1.165, 1.54) is 0 Å². The summed E-state index contributed by atoms with van der Waals surface area (Å²) in [5.74, 6) is 0. The van der Waals surface area contributed by atoms with Crippen molar-refractivity contribution in [3.05, 3.63) is 35.9 Å². The van der Waals surface area contributed by atoms with E-state index in [9.17, 15) is 18.3 Å². The van der Waals surface area contributed by atoms with E-state index in [0.717, 1.165) is 0 Å². The van der Waals surface area contributed by atoms with Gasteiger partial charge in [-0.3, -0.25) is 0 Å². The van der Waals surface area contributed by atoms with Gasteiger partial charge in [0, 0.05) is 6.42 Å². The highest BCUT2D eigenvalue weighted by molar-refractivity contribution is 5.21. The molecule has 90 valence electrons. The molecule has 0 aromatic heterocycles. The molecule has 0 saturated carbocycles. The van der Waals surface area contributed by atoms with Crippen LogP contribution in [-0.2, 0) is 5.60 Å². The molecule has 0 aliphatic rings. The van der Waals surface area contributed by atoms with Gasteiger partial charge in [-0.25, -0.2) is 0 Å². The van der Waals surface area contributed by atoms with Gasteiger partial charge in [0.1, 0.15) is 0 Å². The Labute approximate surface area is 92.9 Å². The number of hydrogen-bond acceptors (Lipinski definition) is 1. The van der Waals surface area contributed by atoms with Crippen LogP contribution in [0.25, 0.3) is 0 Å². The average molecular weight is 232 g/mol. The molecule has 0 aliphatic carbocycles. The molecule has 1 atom stereocenters. The molecule has 1 N–H and O–H groups in total. The van der Waals surface area contributed by atoms with Crippen LogP contribution in [0.15, 0.2) is 30.3 Å². The van der Waals surface area contributed by atoms with Crippen molar-refractivity contribution in [3.8, 4) is 0 Å². The first-order valence-corrected chi connectivity index (χ1v) is 5.22. The van der Waals surface area contributed by atoms with Crippen LogP contribution in [0.2, 0.25) is 0 Å². The lowest BCUT2D eigenvalue weighted by molar-refractivity contribution is -0.148. The Morgan fingerprint density at radius 2 is 1.62 bits per heavy atom. The van der Waals surface area contributed by atoms with Crippen LogP contribution in [0.5, 0.6) is 0 Å². The van der Waals surface area contributed by atoms with Gasteiger partial charge < -0.3 is 5.11 Å². The highest BCUT2D eigenvalue weighted by atomic mass is 19.4. The zero-order valence-corrected chi connectivity index (χ0v) is 9.09. The number of halogens is 3. The first-order valence-electron chi connectivity index (χ1n) is 5.22. The molecule has 16 heavy (non-hydrogen) atoms. The molecular formula is C12H15F3O. The fourth-order valence-electron chi connectivity index (χ4n) is 1.62. The van der Waals surface area contributed by atoms with Crippen LogP contribution in [-0.4, -0.2) is 11.3 Å². The molecule has 0 amide bonds. The molecule has 1 rings (SSSR count). The second kappa shape index (κ2) is 4.87. The van der Waals surface area contributed by atoms with Gasteiger partial charge in [0.25, 0.3) is 0 Å². The van der Waals surface area contributed by atoms with Gasteiger partial charge in [0.2, 0.25) is 0 Å². The summed E-state index contributed by atoms with van der Waals surface area (Å²) in [5.41, 5.74) is -0.835. The zero-order chi connectivity index (χ0) is 12.2. The lowest BCUT2D eigenvalue weighted by Crippen LogP contribution is -2.27. The van der Waals surface area contributed by atoms with Crippen molar-refractivity contribution < 1.29 is 18.3 Å². The van der Waals surface area contributed by atoms with Crippen LogP contribution in [0, 0.1) is 0 Å². The summed E-state index contributed by atoms with van der Waals surface area (Å²) in [4.78, 5) is 0. The number of aliphatic hydroxyl groups is 1. The van der Waals surface area contributed by atoms with Crippen LogP contribution >= 0.6 is 0 Å². The number of alkyl halides is 3. The van der Waals surface area contributed by atoms with E-state index in [2.05, 4.69) is 0 Å². The summed E-state index contributed by atoms with van der Waals surface area (Å²) in [6.45, 7) is 1.68. The van der Waals surface area contributed by atoms with E-state index in [0.29, 0.717) is 5.56 Å². The van der Waals surface area contributed by atoms with Gasteiger partial charge in [-0.15, -0.1) is 0 Å². The predicted molar refractivity (Wildman–Crippen MR) is 55.9 cm³/mol. The molecule has 1 unspecified atom stereocenters. The number of benzene rings is 1. The van der Waals surface area contributed by atoms with Gasteiger partial charge in [0.15, 0.2) is 0 Å². The Hall–Kier alpha value is -1.03. The summed E-state index contributed by atoms with van der Waals surface area (Å²) in [5, 5.41) is 10.2. The SMILES string of the molecule is CCC(O)(CCC(F)(F)F)c1ccccc1. The predicted octanol–water partition coefficient (Wildman–Crippen LogP) is 3.63. The van der Waals surface area contributed by atoms with E-state index in [1.54, 1.807) is 37.3 Å². The van der Waals surface area contributed by atoms with Crippen molar-refractivity contribution >= 4 is 0 Å². The minimum Gasteiger partial charge on any atom is -0.385 e. The van der Waals surface area contributed by atoms with E-state index in [1.807, 2.05) is 0 Å². The summed E-state index contributed by atoms with van der Waals surface area (Å²) in [6.07, 6.45) is -5.21. The van der Waals surface area contributed by atoms with E-state index in [-0.39, 0.29) is 12.8 Å². The quantitative estimate of drug-likeness (QED) is 0.840. The molecule has 1 nitrogen and oxygen atoms in total. The molecule has 0 heterocycles. The van der Waals surface area contributed by atoms with Gasteiger partial charge in [0.05, 0.1) is 5.60 Å². The Morgan fingerprint density at radius 3 is 2.06 bits per heavy atom. The maximum atomic E-state index is 12.1. The Morgan fingerprint density at radius 1 is 1.06 bits per heavy atom. The van der Waals surface area contributed by atoms with Gasteiger partial charge in [-0.2, -0.15) is 13.2 Å². The summed E-state index contributed by atoms with van der Waals surface area (Å²) in [7, 11) is 0. The second-order valence-corrected chi connectivity index (χ2v) is 3.87.